The van der Waals surface area contributed by atoms with Gasteiger partial charge in [-0.1, -0.05) is 13.0 Å². The Morgan fingerprint density at radius 3 is 2.75 bits per heavy atom. The molecular weight excluding hydrogens is 261 g/mol. The van der Waals surface area contributed by atoms with Crippen molar-refractivity contribution in [2.45, 2.75) is 45.8 Å². The molecule has 112 valence electrons. The second kappa shape index (κ2) is 6.70. The molecule has 0 aliphatic rings. The van der Waals surface area contributed by atoms with E-state index in [4.69, 9.17) is 4.74 Å². The zero-order valence-electron chi connectivity index (χ0n) is 12.4. The maximum atomic E-state index is 13.6. The number of halogens is 1. The number of hydrogen-bond donors (Lipinski definition) is 2. The van der Waals surface area contributed by atoms with E-state index in [0.29, 0.717) is 6.54 Å². The first-order valence-corrected chi connectivity index (χ1v) is 6.69. The third-order valence-corrected chi connectivity index (χ3v) is 3.15. The van der Waals surface area contributed by atoms with Gasteiger partial charge in [-0.25, -0.2) is 4.39 Å². The van der Waals surface area contributed by atoms with Gasteiger partial charge in [0.2, 0.25) is 0 Å². The number of ether oxygens (including phenoxy) is 1. The summed E-state index contributed by atoms with van der Waals surface area (Å²) in [5.74, 6) is -1.23. The molecule has 1 rings (SSSR count). The van der Waals surface area contributed by atoms with E-state index in [1.807, 2.05) is 13.8 Å². The minimum atomic E-state index is -1.09. The number of carboxylic acids is 1. The number of likely N-dealkylation sites (N-methyl/N-ethyl adjacent to an activating group) is 1. The van der Waals surface area contributed by atoms with Gasteiger partial charge in [0.15, 0.2) is 11.6 Å². The van der Waals surface area contributed by atoms with Crippen LogP contribution in [0.15, 0.2) is 18.2 Å². The molecule has 0 aliphatic heterocycles. The number of benzene rings is 1. The Balaban J connectivity index is 2.78. The van der Waals surface area contributed by atoms with Gasteiger partial charge < -0.3 is 15.2 Å². The fraction of sp³-hybridized carbons (Fsp3) is 0.533. The Bertz CT molecular complexity index is 478. The molecule has 0 bridgehead atoms. The molecule has 4 nitrogen and oxygen atoms in total. The third kappa shape index (κ3) is 4.20. The summed E-state index contributed by atoms with van der Waals surface area (Å²) in [5, 5.41) is 12.2. The van der Waals surface area contributed by atoms with Crippen molar-refractivity contribution < 1.29 is 19.0 Å². The van der Waals surface area contributed by atoms with Crippen molar-refractivity contribution in [3.8, 4) is 5.75 Å². The number of carboxylic acid groups (broad SMARTS) is 1. The molecule has 0 saturated heterocycles. The minimum absolute atomic E-state index is 0.154. The molecule has 5 heteroatoms. The van der Waals surface area contributed by atoms with Crippen molar-refractivity contribution in [1.29, 1.82) is 0 Å². The summed E-state index contributed by atoms with van der Waals surface area (Å²) in [6, 6.07) is 4.61. The minimum Gasteiger partial charge on any atom is -0.488 e. The molecule has 1 aromatic carbocycles. The average molecular weight is 283 g/mol. The number of nitrogens with one attached hydrogen (secondary N) is 1. The van der Waals surface area contributed by atoms with Crippen LogP contribution in [0.25, 0.3) is 0 Å². The lowest BCUT2D eigenvalue weighted by Crippen LogP contribution is -2.51. The molecule has 0 saturated carbocycles. The van der Waals surface area contributed by atoms with Crippen molar-refractivity contribution in [2.75, 3.05) is 6.54 Å². The van der Waals surface area contributed by atoms with Crippen molar-refractivity contribution >= 4 is 5.97 Å². The molecule has 0 aliphatic carbocycles. The molecule has 0 heterocycles. The van der Waals surface area contributed by atoms with Gasteiger partial charge in [-0.2, -0.15) is 0 Å². The Kier molecular flexibility index (Phi) is 5.51. The van der Waals surface area contributed by atoms with Gasteiger partial charge in [0.25, 0.3) is 0 Å². The predicted octanol–water partition coefficient (Wildman–Crippen LogP) is 2.74. The fourth-order valence-corrected chi connectivity index (χ4v) is 2.16. The quantitative estimate of drug-likeness (QED) is 0.808. The van der Waals surface area contributed by atoms with E-state index in [1.165, 1.54) is 6.07 Å². The van der Waals surface area contributed by atoms with Gasteiger partial charge in [0.1, 0.15) is 5.54 Å². The van der Waals surface area contributed by atoms with Crippen molar-refractivity contribution in [3.05, 3.63) is 29.6 Å². The molecule has 0 amide bonds. The van der Waals surface area contributed by atoms with Gasteiger partial charge in [0, 0.05) is 6.42 Å². The Hall–Kier alpha value is -1.62. The topological polar surface area (TPSA) is 58.6 Å². The highest BCUT2D eigenvalue weighted by molar-refractivity contribution is 5.78. The summed E-state index contributed by atoms with van der Waals surface area (Å²) in [6.45, 7) is 7.56. The molecule has 2 atom stereocenters. The summed E-state index contributed by atoms with van der Waals surface area (Å²) in [7, 11) is 0. The largest absolute Gasteiger partial charge is 0.488 e. The van der Waals surface area contributed by atoms with Crippen molar-refractivity contribution in [1.82, 2.24) is 5.32 Å². The lowest BCUT2D eigenvalue weighted by Gasteiger charge is -2.29. The molecule has 2 N–H and O–H groups in total. The van der Waals surface area contributed by atoms with Crippen LogP contribution in [0.1, 0.15) is 32.8 Å². The van der Waals surface area contributed by atoms with Crippen molar-refractivity contribution in [2.24, 2.45) is 0 Å². The van der Waals surface area contributed by atoms with E-state index in [1.54, 1.807) is 26.0 Å². The van der Waals surface area contributed by atoms with Gasteiger partial charge in [0.05, 0.1) is 6.10 Å². The maximum Gasteiger partial charge on any atom is 0.323 e. The molecule has 0 fully saturated rings. The smallest absolute Gasteiger partial charge is 0.323 e. The number of aliphatic carboxylic acids is 1. The zero-order chi connectivity index (χ0) is 15.3. The molecule has 1 aromatic rings. The van der Waals surface area contributed by atoms with E-state index in [9.17, 15) is 14.3 Å². The number of carbonyl (C=O) groups is 1. The van der Waals surface area contributed by atoms with Gasteiger partial charge in [-0.3, -0.25) is 4.79 Å². The molecule has 2 unspecified atom stereocenters. The third-order valence-electron chi connectivity index (χ3n) is 3.15. The second-order valence-electron chi connectivity index (χ2n) is 5.23. The number of rotatable bonds is 7. The highest BCUT2D eigenvalue weighted by Crippen LogP contribution is 2.22. The summed E-state index contributed by atoms with van der Waals surface area (Å²) in [6.07, 6.45) is -0.185. The summed E-state index contributed by atoms with van der Waals surface area (Å²) >= 11 is 0. The van der Waals surface area contributed by atoms with Gasteiger partial charge in [-0.05, 0) is 45.0 Å². The van der Waals surface area contributed by atoms with E-state index >= 15 is 0 Å². The van der Waals surface area contributed by atoms with Gasteiger partial charge in [-0.15, -0.1) is 0 Å². The van der Waals surface area contributed by atoms with Crippen LogP contribution in [0.2, 0.25) is 0 Å². The normalized spacial score (nSPS) is 15.4. The Labute approximate surface area is 119 Å². The van der Waals surface area contributed by atoms with E-state index in [-0.39, 0.29) is 12.2 Å². The van der Waals surface area contributed by atoms with Crippen LogP contribution in [-0.4, -0.2) is 29.3 Å². The lowest BCUT2D eigenvalue weighted by atomic mass is 9.95. The lowest BCUT2D eigenvalue weighted by molar-refractivity contribution is -0.145. The van der Waals surface area contributed by atoms with Gasteiger partial charge >= 0.3 is 5.97 Å². The molecule has 0 aromatic heterocycles. The van der Waals surface area contributed by atoms with E-state index in [2.05, 4.69) is 5.32 Å². The first kappa shape index (κ1) is 16.4. The van der Waals surface area contributed by atoms with Crippen LogP contribution < -0.4 is 10.1 Å². The molecule has 20 heavy (non-hydrogen) atoms. The summed E-state index contributed by atoms with van der Waals surface area (Å²) < 4.78 is 19.2. The van der Waals surface area contributed by atoms with E-state index in [0.717, 1.165) is 5.56 Å². The summed E-state index contributed by atoms with van der Waals surface area (Å²) in [4.78, 5) is 11.3. The molecule has 0 radical (unpaired) electrons. The Morgan fingerprint density at radius 1 is 1.55 bits per heavy atom. The maximum absolute atomic E-state index is 13.6. The SMILES string of the molecule is CCNC(C)(CC(C)Oc1cc(C)ccc1F)C(=O)O. The van der Waals surface area contributed by atoms with Crippen LogP contribution in [0.5, 0.6) is 5.75 Å². The molecular formula is C15H22FNO3. The second-order valence-corrected chi connectivity index (χ2v) is 5.23. The summed E-state index contributed by atoms with van der Waals surface area (Å²) in [5.41, 5.74) is -0.199. The monoisotopic (exact) mass is 283 g/mol. The predicted molar refractivity (Wildman–Crippen MR) is 75.6 cm³/mol. The van der Waals surface area contributed by atoms with E-state index < -0.39 is 23.4 Å². The number of aryl methyl sites for hydroxylation is 1. The average Bonchev–Trinajstić information content (AvgIpc) is 2.33. The van der Waals surface area contributed by atoms with Crippen LogP contribution in [-0.2, 0) is 4.79 Å². The van der Waals surface area contributed by atoms with Crippen LogP contribution in [0.4, 0.5) is 4.39 Å². The first-order valence-electron chi connectivity index (χ1n) is 6.69. The van der Waals surface area contributed by atoms with Crippen LogP contribution in [0.3, 0.4) is 0 Å². The van der Waals surface area contributed by atoms with Crippen LogP contribution in [0, 0.1) is 12.7 Å². The standard InChI is InChI=1S/C15H22FNO3/c1-5-17-15(4,14(18)19)9-11(3)20-13-8-10(2)6-7-12(13)16/h6-8,11,17H,5,9H2,1-4H3,(H,18,19). The first-order chi connectivity index (χ1) is 9.28. The Morgan fingerprint density at radius 2 is 2.20 bits per heavy atom. The zero-order valence-corrected chi connectivity index (χ0v) is 12.4. The fourth-order valence-electron chi connectivity index (χ4n) is 2.16. The van der Waals surface area contributed by atoms with Crippen molar-refractivity contribution in [3.63, 3.8) is 0 Å². The number of hydrogen-bond acceptors (Lipinski definition) is 3. The molecule has 0 spiro atoms. The highest BCUT2D eigenvalue weighted by atomic mass is 19.1. The van der Waals surface area contributed by atoms with Crippen LogP contribution >= 0.6 is 0 Å². The highest BCUT2D eigenvalue weighted by Gasteiger charge is 2.34.